The molecule has 0 saturated carbocycles. The van der Waals surface area contributed by atoms with Crippen molar-refractivity contribution >= 4 is 16.7 Å². The predicted octanol–water partition coefficient (Wildman–Crippen LogP) is 0.419. The smallest absolute Gasteiger partial charge is 0.335 e. The van der Waals surface area contributed by atoms with Crippen molar-refractivity contribution in [2.45, 2.75) is 37.6 Å². The first-order valence-electron chi connectivity index (χ1n) is 7.47. The summed E-state index contributed by atoms with van der Waals surface area (Å²) in [4.78, 5) is 11.1. The van der Waals surface area contributed by atoms with Crippen molar-refractivity contribution in [3.8, 4) is 5.75 Å². The van der Waals surface area contributed by atoms with E-state index in [1.54, 1.807) is 12.1 Å². The second-order valence-electron chi connectivity index (χ2n) is 5.83. The van der Waals surface area contributed by atoms with Gasteiger partial charge in [0.1, 0.15) is 24.1 Å². The summed E-state index contributed by atoms with van der Waals surface area (Å²) in [6, 6.07) is 11.0. The lowest BCUT2D eigenvalue weighted by atomic mass is 9.99. The van der Waals surface area contributed by atoms with E-state index in [-0.39, 0.29) is 0 Å². The number of carboxylic acid groups (broad SMARTS) is 1. The van der Waals surface area contributed by atoms with Gasteiger partial charge in [0, 0.05) is 5.39 Å². The molecule has 0 aromatic heterocycles. The van der Waals surface area contributed by atoms with Crippen molar-refractivity contribution in [3.63, 3.8) is 0 Å². The first-order chi connectivity index (χ1) is 11.4. The third-order valence-electron chi connectivity index (χ3n) is 4.05. The molecule has 7 heteroatoms. The molecule has 1 aliphatic rings. The van der Waals surface area contributed by atoms with Gasteiger partial charge in [-0.1, -0.05) is 29.8 Å². The number of aliphatic hydroxyl groups is 3. The van der Waals surface area contributed by atoms with Gasteiger partial charge in [0.05, 0.1) is 0 Å². The first kappa shape index (κ1) is 16.7. The van der Waals surface area contributed by atoms with Gasteiger partial charge in [-0.25, -0.2) is 4.79 Å². The first-order valence-corrected chi connectivity index (χ1v) is 7.47. The summed E-state index contributed by atoms with van der Waals surface area (Å²) < 4.78 is 10.8. The van der Waals surface area contributed by atoms with Crippen LogP contribution in [0.25, 0.3) is 10.8 Å². The molecule has 1 aliphatic heterocycles. The fourth-order valence-corrected chi connectivity index (χ4v) is 2.74. The average Bonchev–Trinajstić information content (AvgIpc) is 2.55. The zero-order chi connectivity index (χ0) is 17.4. The standard InChI is InChI=1S/C17H18O7/c1-8-5-6-9-3-2-4-11(10(9)7-8)23-17-14(20)12(18)13(19)15(24-17)16(21)22/h2-7,12-15,17-20H,1H3,(H,21,22)/t12-,13-,14+,15-,17+/m0/s1. The number of benzene rings is 2. The number of aliphatic hydroxyl groups excluding tert-OH is 3. The number of hydrogen-bond acceptors (Lipinski definition) is 6. The van der Waals surface area contributed by atoms with Gasteiger partial charge < -0.3 is 29.9 Å². The Kier molecular flexibility index (Phi) is 4.42. The van der Waals surface area contributed by atoms with Crippen LogP contribution in [-0.4, -0.2) is 57.1 Å². The highest BCUT2D eigenvalue weighted by atomic mass is 16.7. The molecule has 24 heavy (non-hydrogen) atoms. The summed E-state index contributed by atoms with van der Waals surface area (Å²) >= 11 is 0. The zero-order valence-corrected chi connectivity index (χ0v) is 12.9. The van der Waals surface area contributed by atoms with Crippen LogP contribution in [-0.2, 0) is 9.53 Å². The maximum atomic E-state index is 11.1. The van der Waals surface area contributed by atoms with Crippen molar-refractivity contribution in [3.05, 3.63) is 42.0 Å². The summed E-state index contributed by atoms with van der Waals surface area (Å²) in [6.45, 7) is 1.92. The fourth-order valence-electron chi connectivity index (χ4n) is 2.74. The molecular weight excluding hydrogens is 316 g/mol. The Morgan fingerprint density at radius 3 is 2.54 bits per heavy atom. The van der Waals surface area contributed by atoms with E-state index in [9.17, 15) is 20.1 Å². The van der Waals surface area contributed by atoms with Gasteiger partial charge >= 0.3 is 5.97 Å². The van der Waals surface area contributed by atoms with E-state index >= 15 is 0 Å². The van der Waals surface area contributed by atoms with Crippen LogP contribution in [0.4, 0.5) is 0 Å². The number of carbonyl (C=O) groups is 1. The Labute approximate surface area is 137 Å². The Bertz CT molecular complexity index is 760. The molecule has 5 atom stereocenters. The molecule has 1 fully saturated rings. The molecule has 2 aromatic carbocycles. The number of fused-ring (bicyclic) bond motifs is 1. The summed E-state index contributed by atoms with van der Waals surface area (Å²) in [5.41, 5.74) is 1.00. The van der Waals surface area contributed by atoms with Gasteiger partial charge in [-0.05, 0) is 24.4 Å². The lowest BCUT2D eigenvalue weighted by Gasteiger charge is -2.38. The number of carboxylic acids is 1. The van der Waals surface area contributed by atoms with Crippen LogP contribution in [0.2, 0.25) is 0 Å². The normalized spacial score (nSPS) is 30.2. The topological polar surface area (TPSA) is 116 Å². The average molecular weight is 334 g/mol. The third kappa shape index (κ3) is 2.94. The van der Waals surface area contributed by atoms with E-state index in [4.69, 9.17) is 14.6 Å². The number of hydrogen-bond donors (Lipinski definition) is 4. The van der Waals surface area contributed by atoms with Crippen LogP contribution in [0, 0.1) is 6.92 Å². The number of ether oxygens (including phenoxy) is 2. The number of aliphatic carboxylic acids is 1. The molecule has 0 aliphatic carbocycles. The Hall–Kier alpha value is -2.19. The molecule has 0 bridgehead atoms. The van der Waals surface area contributed by atoms with Gasteiger partial charge in [0.25, 0.3) is 0 Å². The van der Waals surface area contributed by atoms with Crippen molar-refractivity contribution in [2.24, 2.45) is 0 Å². The van der Waals surface area contributed by atoms with E-state index < -0.39 is 36.7 Å². The molecule has 3 rings (SSSR count). The molecule has 1 heterocycles. The van der Waals surface area contributed by atoms with Gasteiger partial charge in [-0.3, -0.25) is 0 Å². The minimum atomic E-state index is -1.74. The highest BCUT2D eigenvalue weighted by Crippen LogP contribution is 2.30. The lowest BCUT2D eigenvalue weighted by molar-refractivity contribution is -0.270. The van der Waals surface area contributed by atoms with Crippen molar-refractivity contribution in [1.82, 2.24) is 0 Å². The summed E-state index contributed by atoms with van der Waals surface area (Å²) in [5, 5.41) is 40.3. The molecule has 0 amide bonds. The second-order valence-corrected chi connectivity index (χ2v) is 5.83. The molecule has 128 valence electrons. The fraction of sp³-hybridized carbons (Fsp3) is 0.353. The van der Waals surface area contributed by atoms with Gasteiger partial charge in [0.2, 0.25) is 6.29 Å². The molecule has 0 unspecified atom stereocenters. The molecule has 0 spiro atoms. The Morgan fingerprint density at radius 1 is 1.08 bits per heavy atom. The highest BCUT2D eigenvalue weighted by Gasteiger charge is 2.48. The van der Waals surface area contributed by atoms with Gasteiger partial charge in [0.15, 0.2) is 6.10 Å². The number of aryl methyl sites for hydroxylation is 1. The quantitative estimate of drug-likeness (QED) is 0.643. The predicted molar refractivity (Wildman–Crippen MR) is 83.6 cm³/mol. The minimum Gasteiger partial charge on any atom is -0.479 e. The van der Waals surface area contributed by atoms with Crippen molar-refractivity contribution in [1.29, 1.82) is 0 Å². The molecule has 2 aromatic rings. The molecule has 1 saturated heterocycles. The van der Waals surface area contributed by atoms with Gasteiger partial charge in [-0.2, -0.15) is 0 Å². The van der Waals surface area contributed by atoms with E-state index in [0.29, 0.717) is 5.75 Å². The van der Waals surface area contributed by atoms with Crippen LogP contribution < -0.4 is 4.74 Å². The molecular formula is C17H18O7. The largest absolute Gasteiger partial charge is 0.479 e. The zero-order valence-electron chi connectivity index (χ0n) is 12.9. The molecule has 0 radical (unpaired) electrons. The van der Waals surface area contributed by atoms with Crippen LogP contribution in [0.5, 0.6) is 5.75 Å². The van der Waals surface area contributed by atoms with E-state index in [1.165, 1.54) is 0 Å². The third-order valence-corrected chi connectivity index (χ3v) is 4.05. The van der Waals surface area contributed by atoms with E-state index in [0.717, 1.165) is 16.3 Å². The van der Waals surface area contributed by atoms with Crippen LogP contribution in [0.1, 0.15) is 5.56 Å². The SMILES string of the molecule is Cc1ccc2cccc(O[C@@H]3O[C@H](C(=O)O)[C@@H](O)[C@H](O)[C@H]3O)c2c1. The number of rotatable bonds is 3. The highest BCUT2D eigenvalue weighted by molar-refractivity contribution is 5.88. The lowest BCUT2D eigenvalue weighted by Crippen LogP contribution is -2.61. The summed E-state index contributed by atoms with van der Waals surface area (Å²) in [5.74, 6) is -1.07. The Morgan fingerprint density at radius 2 is 1.83 bits per heavy atom. The summed E-state index contributed by atoms with van der Waals surface area (Å²) in [6.07, 6.45) is -8.13. The summed E-state index contributed by atoms with van der Waals surface area (Å²) in [7, 11) is 0. The van der Waals surface area contributed by atoms with E-state index in [1.807, 2.05) is 31.2 Å². The second kappa shape index (κ2) is 6.37. The van der Waals surface area contributed by atoms with Crippen LogP contribution in [0.15, 0.2) is 36.4 Å². The maximum absolute atomic E-state index is 11.1. The minimum absolute atomic E-state index is 0.382. The monoisotopic (exact) mass is 334 g/mol. The maximum Gasteiger partial charge on any atom is 0.335 e. The van der Waals surface area contributed by atoms with E-state index in [2.05, 4.69) is 0 Å². The van der Waals surface area contributed by atoms with Crippen molar-refractivity contribution < 1.29 is 34.7 Å². The molecule has 4 N–H and O–H groups in total. The molecule has 7 nitrogen and oxygen atoms in total. The van der Waals surface area contributed by atoms with Crippen LogP contribution in [0.3, 0.4) is 0 Å². The Balaban J connectivity index is 1.92. The van der Waals surface area contributed by atoms with Crippen molar-refractivity contribution in [2.75, 3.05) is 0 Å². The van der Waals surface area contributed by atoms with Gasteiger partial charge in [-0.15, -0.1) is 0 Å². The van der Waals surface area contributed by atoms with Crippen LogP contribution >= 0.6 is 0 Å².